The molecule has 0 spiro atoms. The van der Waals surface area contributed by atoms with Gasteiger partial charge in [-0.2, -0.15) is 4.98 Å². The minimum atomic E-state index is 0.137. The first-order valence-corrected chi connectivity index (χ1v) is 7.60. The molecule has 0 aliphatic carbocycles. The first kappa shape index (κ1) is 13.6. The predicted molar refractivity (Wildman–Crippen MR) is 79.2 cm³/mol. The Labute approximate surface area is 120 Å². The zero-order chi connectivity index (χ0) is 14.1. The van der Waals surface area contributed by atoms with Gasteiger partial charge >= 0.3 is 0 Å². The van der Waals surface area contributed by atoms with Gasteiger partial charge in [0.2, 0.25) is 11.8 Å². The maximum absolute atomic E-state index is 5.66. The summed E-state index contributed by atoms with van der Waals surface area (Å²) in [6.45, 7) is 4.02. The first-order valence-electron chi connectivity index (χ1n) is 7.60. The van der Waals surface area contributed by atoms with Gasteiger partial charge in [-0.05, 0) is 39.5 Å². The van der Waals surface area contributed by atoms with Gasteiger partial charge in [0.15, 0.2) is 0 Å². The lowest BCUT2D eigenvalue weighted by Gasteiger charge is -2.35. The van der Waals surface area contributed by atoms with Gasteiger partial charge in [-0.3, -0.25) is 0 Å². The summed E-state index contributed by atoms with van der Waals surface area (Å²) in [5, 5.41) is 3.67. The van der Waals surface area contributed by atoms with Crippen molar-refractivity contribution in [3.05, 3.63) is 12.3 Å². The molecule has 5 nitrogen and oxygen atoms in total. The maximum Gasteiger partial charge on any atom is 0.228 e. The standard InChI is InChI=1S/C15H24N4O/c1-10(2)20-14-6-7-16-15(18-14)19(3)13-8-11-4-5-12(9-13)17-11/h6-7,10-13,17H,4-5,8-9H2,1-3H3. The Morgan fingerprint density at radius 2 is 2.00 bits per heavy atom. The van der Waals surface area contributed by atoms with E-state index in [1.165, 1.54) is 25.7 Å². The maximum atomic E-state index is 5.66. The van der Waals surface area contributed by atoms with E-state index in [1.807, 2.05) is 19.9 Å². The molecular formula is C15H24N4O. The van der Waals surface area contributed by atoms with Crippen LogP contribution in [0.25, 0.3) is 0 Å². The van der Waals surface area contributed by atoms with Gasteiger partial charge in [0, 0.05) is 37.4 Å². The zero-order valence-electron chi connectivity index (χ0n) is 12.5. The topological polar surface area (TPSA) is 50.3 Å². The third kappa shape index (κ3) is 2.87. The van der Waals surface area contributed by atoms with Gasteiger partial charge in [0.05, 0.1) is 6.10 Å². The van der Waals surface area contributed by atoms with E-state index in [9.17, 15) is 0 Å². The molecule has 0 amide bonds. The van der Waals surface area contributed by atoms with Gasteiger partial charge < -0.3 is 15.0 Å². The van der Waals surface area contributed by atoms with Crippen LogP contribution < -0.4 is 15.0 Å². The Morgan fingerprint density at radius 3 is 2.65 bits per heavy atom. The molecule has 20 heavy (non-hydrogen) atoms. The third-order valence-corrected chi connectivity index (χ3v) is 4.29. The number of ether oxygens (including phenoxy) is 1. The Hall–Kier alpha value is -1.36. The minimum absolute atomic E-state index is 0.137. The monoisotopic (exact) mass is 276 g/mol. The molecule has 1 aromatic heterocycles. The molecule has 1 N–H and O–H groups in total. The molecule has 2 atom stereocenters. The SMILES string of the molecule is CC(C)Oc1ccnc(N(C)C2CC3CCC(C2)N3)n1. The number of aromatic nitrogens is 2. The molecule has 110 valence electrons. The summed E-state index contributed by atoms with van der Waals surface area (Å²) in [5.41, 5.74) is 0. The highest BCUT2D eigenvalue weighted by molar-refractivity contribution is 5.33. The third-order valence-electron chi connectivity index (χ3n) is 4.29. The molecule has 1 aromatic rings. The molecular weight excluding hydrogens is 252 g/mol. The van der Waals surface area contributed by atoms with Gasteiger partial charge in [0.25, 0.3) is 0 Å². The van der Waals surface area contributed by atoms with Crippen molar-refractivity contribution < 1.29 is 4.74 Å². The molecule has 2 fully saturated rings. The summed E-state index contributed by atoms with van der Waals surface area (Å²) in [7, 11) is 2.10. The lowest BCUT2D eigenvalue weighted by Crippen LogP contribution is -2.47. The molecule has 0 radical (unpaired) electrons. The summed E-state index contributed by atoms with van der Waals surface area (Å²) in [6, 6.07) is 3.71. The highest BCUT2D eigenvalue weighted by Gasteiger charge is 2.35. The van der Waals surface area contributed by atoms with Crippen LogP contribution in [0.1, 0.15) is 39.5 Å². The average molecular weight is 276 g/mol. The van der Waals surface area contributed by atoms with Gasteiger partial charge in [-0.15, -0.1) is 0 Å². The highest BCUT2D eigenvalue weighted by atomic mass is 16.5. The fraction of sp³-hybridized carbons (Fsp3) is 0.733. The number of fused-ring (bicyclic) bond motifs is 2. The number of hydrogen-bond acceptors (Lipinski definition) is 5. The van der Waals surface area contributed by atoms with Crippen LogP contribution in [0.4, 0.5) is 5.95 Å². The Balaban J connectivity index is 1.71. The summed E-state index contributed by atoms with van der Waals surface area (Å²) < 4.78 is 5.66. The molecule has 0 aromatic carbocycles. The number of nitrogens with one attached hydrogen (secondary N) is 1. The van der Waals surface area contributed by atoms with Crippen molar-refractivity contribution in [2.24, 2.45) is 0 Å². The van der Waals surface area contributed by atoms with Crippen LogP contribution in [0.3, 0.4) is 0 Å². The summed E-state index contributed by atoms with van der Waals surface area (Å²) >= 11 is 0. The number of rotatable bonds is 4. The van der Waals surface area contributed by atoms with E-state index in [-0.39, 0.29) is 6.10 Å². The average Bonchev–Trinajstić information content (AvgIpc) is 2.76. The largest absolute Gasteiger partial charge is 0.475 e. The molecule has 2 aliphatic rings. The second-order valence-corrected chi connectivity index (χ2v) is 6.24. The summed E-state index contributed by atoms with van der Waals surface area (Å²) in [5.74, 6) is 1.43. The normalized spacial score (nSPS) is 28.7. The lowest BCUT2D eigenvalue weighted by atomic mass is 9.99. The van der Waals surface area contributed by atoms with Crippen molar-refractivity contribution in [1.82, 2.24) is 15.3 Å². The fourth-order valence-corrected chi connectivity index (χ4v) is 3.32. The van der Waals surface area contributed by atoms with Crippen LogP contribution >= 0.6 is 0 Å². The fourth-order valence-electron chi connectivity index (χ4n) is 3.32. The van der Waals surface area contributed by atoms with Crippen LogP contribution in [-0.2, 0) is 0 Å². The Bertz CT molecular complexity index is 453. The Kier molecular flexibility index (Phi) is 3.78. The second-order valence-electron chi connectivity index (χ2n) is 6.24. The van der Waals surface area contributed by atoms with Gasteiger partial charge in [0.1, 0.15) is 0 Å². The van der Waals surface area contributed by atoms with Gasteiger partial charge in [-0.1, -0.05) is 0 Å². The van der Waals surface area contributed by atoms with Crippen LogP contribution in [0.15, 0.2) is 12.3 Å². The molecule has 3 rings (SSSR count). The molecule has 2 unspecified atom stereocenters. The molecule has 2 bridgehead atoms. The highest BCUT2D eigenvalue weighted by Crippen LogP contribution is 2.30. The zero-order valence-corrected chi connectivity index (χ0v) is 12.5. The van der Waals surface area contributed by atoms with E-state index in [1.54, 1.807) is 6.20 Å². The second kappa shape index (κ2) is 5.56. The van der Waals surface area contributed by atoms with Crippen molar-refractivity contribution in [1.29, 1.82) is 0 Å². The van der Waals surface area contributed by atoms with E-state index in [0.717, 1.165) is 5.95 Å². The van der Waals surface area contributed by atoms with Crippen molar-refractivity contribution in [3.63, 3.8) is 0 Å². The summed E-state index contributed by atoms with van der Waals surface area (Å²) in [6.07, 6.45) is 6.92. The van der Waals surface area contributed by atoms with Crippen LogP contribution in [0, 0.1) is 0 Å². The quantitative estimate of drug-likeness (QED) is 0.911. The van der Waals surface area contributed by atoms with Crippen molar-refractivity contribution in [3.8, 4) is 5.88 Å². The van der Waals surface area contributed by atoms with Crippen molar-refractivity contribution in [2.45, 2.75) is 63.8 Å². The number of piperidine rings is 1. The Morgan fingerprint density at radius 1 is 1.30 bits per heavy atom. The molecule has 5 heteroatoms. The smallest absolute Gasteiger partial charge is 0.228 e. The van der Waals surface area contributed by atoms with E-state index in [0.29, 0.717) is 24.0 Å². The van der Waals surface area contributed by atoms with Gasteiger partial charge in [-0.25, -0.2) is 4.98 Å². The van der Waals surface area contributed by atoms with Crippen molar-refractivity contribution >= 4 is 5.95 Å². The predicted octanol–water partition coefficient (Wildman–Crippen LogP) is 1.98. The number of anilines is 1. The molecule has 2 saturated heterocycles. The van der Waals surface area contributed by atoms with Crippen molar-refractivity contribution in [2.75, 3.05) is 11.9 Å². The van der Waals surface area contributed by atoms with E-state index in [4.69, 9.17) is 4.74 Å². The number of nitrogens with zero attached hydrogens (tertiary/aromatic N) is 3. The molecule has 3 heterocycles. The van der Waals surface area contributed by atoms with E-state index < -0.39 is 0 Å². The minimum Gasteiger partial charge on any atom is -0.475 e. The number of hydrogen-bond donors (Lipinski definition) is 1. The molecule has 0 saturated carbocycles. The van der Waals surface area contributed by atoms with Crippen LogP contribution in [0.5, 0.6) is 5.88 Å². The van der Waals surface area contributed by atoms with Crippen LogP contribution in [-0.4, -0.2) is 41.2 Å². The van der Waals surface area contributed by atoms with Crippen LogP contribution in [0.2, 0.25) is 0 Å². The molecule has 2 aliphatic heterocycles. The lowest BCUT2D eigenvalue weighted by molar-refractivity contribution is 0.232. The summed E-state index contributed by atoms with van der Waals surface area (Å²) in [4.78, 5) is 11.2. The first-order chi connectivity index (χ1) is 9.61. The van der Waals surface area contributed by atoms with E-state index in [2.05, 4.69) is 27.2 Å². The van der Waals surface area contributed by atoms with E-state index >= 15 is 0 Å².